The fourth-order valence-electron chi connectivity index (χ4n) is 4.23. The second kappa shape index (κ2) is 13.1. The van der Waals surface area contributed by atoms with Crippen LogP contribution in [0.15, 0.2) is 67.6 Å². The maximum atomic E-state index is 13.0. The number of aromatic nitrogens is 3. The molecular formula is C29H33N4O7P. The van der Waals surface area contributed by atoms with Gasteiger partial charge in [0.05, 0.1) is 27.4 Å². The Kier molecular flexibility index (Phi) is 9.57. The molecule has 4 aromatic rings. The summed E-state index contributed by atoms with van der Waals surface area (Å²) in [5, 5.41) is 0.793. The van der Waals surface area contributed by atoms with Crippen LogP contribution in [-0.4, -0.2) is 54.9 Å². The van der Waals surface area contributed by atoms with Gasteiger partial charge in [-0.05, 0) is 55.3 Å². The molecule has 11 nitrogen and oxygen atoms in total. The summed E-state index contributed by atoms with van der Waals surface area (Å²) in [6.07, 6.45) is 6.48. The molecule has 41 heavy (non-hydrogen) atoms. The van der Waals surface area contributed by atoms with Crippen molar-refractivity contribution in [2.45, 2.75) is 20.6 Å². The van der Waals surface area contributed by atoms with Gasteiger partial charge in [0.15, 0.2) is 0 Å². The molecule has 1 amide bonds. The number of hydrogen-bond acceptors (Lipinski definition) is 9. The van der Waals surface area contributed by atoms with Crippen LogP contribution in [0.5, 0.6) is 11.6 Å². The molecule has 0 N–H and O–H groups in total. The molecule has 0 aliphatic heterocycles. The van der Waals surface area contributed by atoms with Crippen molar-refractivity contribution in [3.63, 3.8) is 0 Å². The summed E-state index contributed by atoms with van der Waals surface area (Å²) in [5.74, 6) is 0.780. The van der Waals surface area contributed by atoms with Crippen LogP contribution in [0.2, 0.25) is 0 Å². The standard InChI is InChI=1S/C29H33N4O7P/c1-7-28(34)32(4)23-12-21(13-24(16-23)36-5)22-14-25-26(20-10-11-30-27(15-20)37-6)18-33(29(25)31-17-22)19-40-41(35,38-8-2)39-9-3/h7,10-18H,1,8-9,19H2,2-6H3. The highest BCUT2D eigenvalue weighted by Crippen LogP contribution is 2.50. The average Bonchev–Trinajstić information content (AvgIpc) is 3.37. The number of phosphoric ester groups is 1. The first-order chi connectivity index (χ1) is 19.7. The van der Waals surface area contributed by atoms with Crippen molar-refractivity contribution in [2.24, 2.45) is 0 Å². The summed E-state index contributed by atoms with van der Waals surface area (Å²) in [5.41, 5.74) is 4.45. The van der Waals surface area contributed by atoms with Crippen LogP contribution in [0.3, 0.4) is 0 Å². The second-order valence-electron chi connectivity index (χ2n) is 8.76. The lowest BCUT2D eigenvalue weighted by atomic mass is 10.0. The Bertz CT molecular complexity index is 1590. The fourth-order valence-corrected chi connectivity index (χ4v) is 5.35. The third-order valence-electron chi connectivity index (χ3n) is 6.25. The minimum absolute atomic E-state index is 0.125. The van der Waals surface area contributed by atoms with Crippen molar-refractivity contribution in [3.05, 3.63) is 67.6 Å². The van der Waals surface area contributed by atoms with Gasteiger partial charge in [-0.3, -0.25) is 18.4 Å². The predicted octanol–water partition coefficient (Wildman–Crippen LogP) is 6.09. The summed E-state index contributed by atoms with van der Waals surface area (Å²) in [6, 6.07) is 11.2. The lowest BCUT2D eigenvalue weighted by Gasteiger charge is -2.18. The van der Waals surface area contributed by atoms with Gasteiger partial charge >= 0.3 is 7.82 Å². The van der Waals surface area contributed by atoms with Crippen molar-refractivity contribution >= 4 is 30.5 Å². The first kappa shape index (κ1) is 30.0. The number of pyridine rings is 2. The number of benzene rings is 1. The molecule has 0 fully saturated rings. The summed E-state index contributed by atoms with van der Waals surface area (Å²) in [7, 11) is 1.03. The number of phosphoric acid groups is 1. The molecule has 0 aliphatic carbocycles. The summed E-state index contributed by atoms with van der Waals surface area (Å²) < 4.78 is 41.8. The van der Waals surface area contributed by atoms with E-state index in [1.807, 2.05) is 36.5 Å². The Hall–Kier alpha value is -4.02. The Morgan fingerprint density at radius 1 is 1.00 bits per heavy atom. The van der Waals surface area contributed by atoms with Crippen LogP contribution in [0.1, 0.15) is 13.8 Å². The lowest BCUT2D eigenvalue weighted by Crippen LogP contribution is -2.23. The van der Waals surface area contributed by atoms with Crippen molar-refractivity contribution in [1.29, 1.82) is 0 Å². The quantitative estimate of drug-likeness (QED) is 0.137. The highest BCUT2D eigenvalue weighted by Gasteiger charge is 2.26. The van der Waals surface area contributed by atoms with Crippen LogP contribution in [0.25, 0.3) is 33.3 Å². The number of hydrogen-bond donors (Lipinski definition) is 0. The van der Waals surface area contributed by atoms with Gasteiger partial charge in [-0.25, -0.2) is 14.5 Å². The number of rotatable bonds is 13. The van der Waals surface area contributed by atoms with Crippen LogP contribution in [0.4, 0.5) is 5.69 Å². The first-order valence-corrected chi connectivity index (χ1v) is 14.3. The molecule has 1 aromatic carbocycles. The van der Waals surface area contributed by atoms with E-state index in [2.05, 4.69) is 11.6 Å². The highest BCUT2D eigenvalue weighted by molar-refractivity contribution is 7.48. The summed E-state index contributed by atoms with van der Waals surface area (Å²) in [6.45, 7) is 7.22. The van der Waals surface area contributed by atoms with E-state index in [1.165, 1.54) is 11.0 Å². The molecule has 0 saturated heterocycles. The third-order valence-corrected chi connectivity index (χ3v) is 7.83. The van der Waals surface area contributed by atoms with Gasteiger partial charge in [-0.2, -0.15) is 0 Å². The smallest absolute Gasteiger partial charge is 0.476 e. The number of carbonyl (C=O) groups excluding carboxylic acids is 1. The molecule has 0 spiro atoms. The molecule has 3 heterocycles. The second-order valence-corrected chi connectivity index (χ2v) is 10.4. The zero-order valence-electron chi connectivity index (χ0n) is 23.7. The van der Waals surface area contributed by atoms with E-state index < -0.39 is 7.82 Å². The van der Waals surface area contributed by atoms with Crippen LogP contribution in [0, 0.1) is 0 Å². The molecule has 0 radical (unpaired) electrons. The Morgan fingerprint density at radius 3 is 2.41 bits per heavy atom. The van der Waals surface area contributed by atoms with Gasteiger partial charge in [0.1, 0.15) is 18.1 Å². The van der Waals surface area contributed by atoms with Gasteiger partial charge in [0.25, 0.3) is 0 Å². The van der Waals surface area contributed by atoms with E-state index in [1.54, 1.807) is 58.1 Å². The molecule has 0 bridgehead atoms. The lowest BCUT2D eigenvalue weighted by molar-refractivity contribution is -0.113. The van der Waals surface area contributed by atoms with E-state index in [-0.39, 0.29) is 25.9 Å². The van der Waals surface area contributed by atoms with E-state index in [4.69, 9.17) is 28.0 Å². The molecule has 216 valence electrons. The maximum absolute atomic E-state index is 13.0. The van der Waals surface area contributed by atoms with Crippen LogP contribution < -0.4 is 14.4 Å². The minimum Gasteiger partial charge on any atom is -0.497 e. The van der Waals surface area contributed by atoms with Crippen molar-refractivity contribution in [2.75, 3.05) is 39.4 Å². The SMILES string of the molecule is C=CC(=O)N(C)c1cc(OC)cc(-c2cnc3c(c2)c(-c2ccnc(OC)c2)cn3COP(=O)(OCC)OCC)c1. The Balaban J connectivity index is 1.85. The molecule has 3 aromatic heterocycles. The number of anilines is 1. The molecule has 0 unspecified atom stereocenters. The summed E-state index contributed by atoms with van der Waals surface area (Å²) in [4.78, 5) is 22.7. The number of fused-ring (bicyclic) bond motifs is 1. The van der Waals surface area contributed by atoms with Crippen molar-refractivity contribution < 1.29 is 32.4 Å². The number of methoxy groups -OCH3 is 2. The largest absolute Gasteiger partial charge is 0.497 e. The highest BCUT2D eigenvalue weighted by atomic mass is 31.2. The van der Waals surface area contributed by atoms with Gasteiger partial charge in [0.2, 0.25) is 11.8 Å². The third kappa shape index (κ3) is 6.66. The number of likely N-dealkylation sites (N-methyl/N-ethyl adjacent to an activating group) is 1. The minimum atomic E-state index is -3.76. The summed E-state index contributed by atoms with van der Waals surface area (Å²) >= 11 is 0. The van der Waals surface area contributed by atoms with Gasteiger partial charge < -0.3 is 18.9 Å². The van der Waals surface area contributed by atoms with Gasteiger partial charge in [0, 0.05) is 60.0 Å². The monoisotopic (exact) mass is 580 g/mol. The topological polar surface area (TPSA) is 114 Å². The molecule has 12 heteroatoms. The zero-order valence-corrected chi connectivity index (χ0v) is 24.6. The number of nitrogens with zero attached hydrogens (tertiary/aromatic N) is 4. The van der Waals surface area contributed by atoms with E-state index in [0.717, 1.165) is 27.6 Å². The molecule has 4 rings (SSSR count). The number of ether oxygens (including phenoxy) is 2. The van der Waals surface area contributed by atoms with Crippen LogP contribution in [-0.2, 0) is 29.7 Å². The average molecular weight is 581 g/mol. The maximum Gasteiger partial charge on any atom is 0.476 e. The van der Waals surface area contributed by atoms with Gasteiger partial charge in [-0.15, -0.1) is 0 Å². The molecule has 0 saturated carbocycles. The fraction of sp³-hybridized carbons (Fsp3) is 0.276. The molecule has 0 atom stereocenters. The number of amides is 1. The number of carbonyl (C=O) groups is 1. The zero-order chi connectivity index (χ0) is 29.6. The Labute approximate surface area is 238 Å². The molecule has 0 aliphatic rings. The van der Waals surface area contributed by atoms with E-state index >= 15 is 0 Å². The first-order valence-electron chi connectivity index (χ1n) is 12.9. The van der Waals surface area contributed by atoms with Crippen LogP contribution >= 0.6 is 7.82 Å². The molecular weight excluding hydrogens is 547 g/mol. The Morgan fingerprint density at radius 2 is 1.76 bits per heavy atom. The van der Waals surface area contributed by atoms with E-state index in [9.17, 15) is 9.36 Å². The van der Waals surface area contributed by atoms with E-state index in [0.29, 0.717) is 23.0 Å². The van der Waals surface area contributed by atoms with Crippen molar-refractivity contribution in [3.8, 4) is 33.9 Å². The van der Waals surface area contributed by atoms with Gasteiger partial charge in [-0.1, -0.05) is 6.58 Å². The van der Waals surface area contributed by atoms with Crippen molar-refractivity contribution in [1.82, 2.24) is 14.5 Å². The normalized spacial score (nSPS) is 11.4. The predicted molar refractivity (Wildman–Crippen MR) is 157 cm³/mol.